The molecule has 0 aromatic rings. The number of ether oxygens (including phenoxy) is 1. The highest BCUT2D eigenvalue weighted by Crippen LogP contribution is 2.20. The highest BCUT2D eigenvalue weighted by Gasteiger charge is 2.27. The smallest absolute Gasteiger partial charge is 0.410 e. The first kappa shape index (κ1) is 24.3. The van der Waals surface area contributed by atoms with Crippen molar-refractivity contribution in [3.05, 3.63) is 0 Å². The summed E-state index contributed by atoms with van der Waals surface area (Å²) in [5, 5.41) is 6.41. The number of hydrogen-bond donors (Lipinski definition) is 2. The summed E-state index contributed by atoms with van der Waals surface area (Å²) >= 11 is 0. The maximum atomic E-state index is 12.4. The first-order chi connectivity index (χ1) is 14.2. The first-order valence-electron chi connectivity index (χ1n) is 11.4. The largest absolute Gasteiger partial charge is 0.444 e. The Morgan fingerprint density at radius 2 is 1.83 bits per heavy atom. The van der Waals surface area contributed by atoms with Gasteiger partial charge in [-0.1, -0.05) is 0 Å². The SMILES string of the molecule is CCN(CC1CCN(C(=NC)NCCCC(=O)NC2CC2)CC1)C(=O)OC(C)(C)C. The van der Waals surface area contributed by atoms with Crippen molar-refractivity contribution >= 4 is 18.0 Å². The van der Waals surface area contributed by atoms with Gasteiger partial charge in [0.15, 0.2) is 5.96 Å². The van der Waals surface area contributed by atoms with Crippen LogP contribution in [-0.4, -0.2) is 79.2 Å². The van der Waals surface area contributed by atoms with E-state index in [0.29, 0.717) is 24.9 Å². The van der Waals surface area contributed by atoms with Gasteiger partial charge in [0.25, 0.3) is 0 Å². The second kappa shape index (κ2) is 11.4. The average molecular weight is 424 g/mol. The predicted octanol–water partition coefficient (Wildman–Crippen LogP) is 2.59. The van der Waals surface area contributed by atoms with E-state index in [1.807, 2.05) is 32.6 Å². The number of piperidine rings is 1. The van der Waals surface area contributed by atoms with E-state index in [1.165, 1.54) is 0 Å². The number of rotatable bonds is 8. The molecule has 1 saturated heterocycles. The van der Waals surface area contributed by atoms with Crippen molar-refractivity contribution in [3.63, 3.8) is 0 Å². The molecule has 2 aliphatic rings. The van der Waals surface area contributed by atoms with Crippen molar-refractivity contribution in [1.29, 1.82) is 0 Å². The van der Waals surface area contributed by atoms with Crippen LogP contribution in [0, 0.1) is 5.92 Å². The fourth-order valence-corrected chi connectivity index (χ4v) is 3.61. The number of likely N-dealkylation sites (tertiary alicyclic amines) is 1. The fraction of sp³-hybridized carbons (Fsp3) is 0.864. The summed E-state index contributed by atoms with van der Waals surface area (Å²) in [6.45, 7) is 11.7. The van der Waals surface area contributed by atoms with Crippen LogP contribution in [0.2, 0.25) is 0 Å². The molecule has 8 nitrogen and oxygen atoms in total. The lowest BCUT2D eigenvalue weighted by molar-refractivity contribution is -0.121. The predicted molar refractivity (Wildman–Crippen MR) is 120 cm³/mol. The standard InChI is InChI=1S/C22H41N5O3/c1-6-26(21(29)30-22(2,3)4)16-17-11-14-27(15-12-17)20(23-5)24-13-7-8-19(28)25-18-9-10-18/h17-18H,6-16H2,1-5H3,(H,23,24)(H,25,28). The maximum absolute atomic E-state index is 12.4. The number of amides is 2. The summed E-state index contributed by atoms with van der Waals surface area (Å²) in [7, 11) is 1.80. The molecule has 172 valence electrons. The van der Waals surface area contributed by atoms with Crippen molar-refractivity contribution in [3.8, 4) is 0 Å². The molecule has 1 aliphatic carbocycles. The van der Waals surface area contributed by atoms with E-state index in [4.69, 9.17) is 4.74 Å². The molecule has 8 heteroatoms. The monoisotopic (exact) mass is 423 g/mol. The van der Waals surface area contributed by atoms with Gasteiger partial charge in [0.05, 0.1) is 0 Å². The molecule has 1 heterocycles. The number of carbonyl (C=O) groups excluding carboxylic acids is 2. The van der Waals surface area contributed by atoms with Crippen molar-refractivity contribution in [2.75, 3.05) is 39.8 Å². The third kappa shape index (κ3) is 8.79. The molecule has 0 radical (unpaired) electrons. The second-order valence-corrected chi connectivity index (χ2v) is 9.37. The zero-order valence-corrected chi connectivity index (χ0v) is 19.5. The quantitative estimate of drug-likeness (QED) is 0.356. The lowest BCUT2D eigenvalue weighted by Gasteiger charge is -2.36. The van der Waals surface area contributed by atoms with E-state index in [2.05, 4.69) is 20.5 Å². The zero-order valence-electron chi connectivity index (χ0n) is 19.5. The van der Waals surface area contributed by atoms with E-state index in [-0.39, 0.29) is 12.0 Å². The van der Waals surface area contributed by atoms with Gasteiger partial charge < -0.3 is 25.2 Å². The molecule has 0 bridgehead atoms. The Morgan fingerprint density at radius 1 is 1.17 bits per heavy atom. The first-order valence-corrected chi connectivity index (χ1v) is 11.4. The van der Waals surface area contributed by atoms with Crippen molar-refractivity contribution in [1.82, 2.24) is 20.4 Å². The van der Waals surface area contributed by atoms with Gasteiger partial charge >= 0.3 is 6.09 Å². The van der Waals surface area contributed by atoms with Crippen LogP contribution in [0.3, 0.4) is 0 Å². The highest BCUT2D eigenvalue weighted by molar-refractivity contribution is 5.80. The van der Waals surface area contributed by atoms with Crippen LogP contribution < -0.4 is 10.6 Å². The van der Waals surface area contributed by atoms with Gasteiger partial charge in [0.1, 0.15) is 5.60 Å². The van der Waals surface area contributed by atoms with E-state index in [9.17, 15) is 9.59 Å². The molecule has 0 spiro atoms. The van der Waals surface area contributed by atoms with Crippen LogP contribution >= 0.6 is 0 Å². The summed E-state index contributed by atoms with van der Waals surface area (Å²) in [5.74, 6) is 1.52. The van der Waals surface area contributed by atoms with Crippen LogP contribution in [0.25, 0.3) is 0 Å². The van der Waals surface area contributed by atoms with E-state index in [0.717, 1.165) is 64.2 Å². The molecule has 2 rings (SSSR count). The molecule has 0 atom stereocenters. The second-order valence-electron chi connectivity index (χ2n) is 9.37. The van der Waals surface area contributed by atoms with Crippen LogP contribution in [0.5, 0.6) is 0 Å². The topological polar surface area (TPSA) is 86.3 Å². The van der Waals surface area contributed by atoms with Crippen LogP contribution in [-0.2, 0) is 9.53 Å². The van der Waals surface area contributed by atoms with Crippen LogP contribution in [0.15, 0.2) is 4.99 Å². The van der Waals surface area contributed by atoms with Gasteiger partial charge in [-0.05, 0) is 65.7 Å². The molecule has 1 saturated carbocycles. The molecule has 2 N–H and O–H groups in total. The molecule has 1 aliphatic heterocycles. The summed E-state index contributed by atoms with van der Waals surface area (Å²) in [6.07, 6.45) is 5.42. The van der Waals surface area contributed by atoms with E-state index in [1.54, 1.807) is 7.05 Å². The molecule has 0 aromatic carbocycles. The van der Waals surface area contributed by atoms with Gasteiger partial charge in [-0.2, -0.15) is 0 Å². The minimum atomic E-state index is -0.468. The van der Waals surface area contributed by atoms with Gasteiger partial charge in [-0.15, -0.1) is 0 Å². The lowest BCUT2D eigenvalue weighted by atomic mass is 9.96. The van der Waals surface area contributed by atoms with E-state index >= 15 is 0 Å². The van der Waals surface area contributed by atoms with Crippen LogP contribution in [0.4, 0.5) is 4.79 Å². The van der Waals surface area contributed by atoms with Gasteiger partial charge in [-0.3, -0.25) is 9.79 Å². The summed E-state index contributed by atoms with van der Waals surface area (Å²) in [5.41, 5.74) is -0.468. The molecule has 30 heavy (non-hydrogen) atoms. The summed E-state index contributed by atoms with van der Waals surface area (Å²) in [6, 6.07) is 0.429. The number of aliphatic imine (C=N–C) groups is 1. The third-order valence-corrected chi connectivity index (χ3v) is 5.44. The highest BCUT2D eigenvalue weighted by atomic mass is 16.6. The Morgan fingerprint density at radius 3 is 2.37 bits per heavy atom. The Kier molecular flexibility index (Phi) is 9.24. The maximum Gasteiger partial charge on any atom is 0.410 e. The van der Waals surface area contributed by atoms with Crippen molar-refractivity contribution in [2.45, 2.75) is 77.9 Å². The molecule has 2 fully saturated rings. The number of guanidine groups is 1. The Balaban J connectivity index is 1.68. The van der Waals surface area contributed by atoms with Gasteiger partial charge in [-0.25, -0.2) is 4.79 Å². The summed E-state index contributed by atoms with van der Waals surface area (Å²) in [4.78, 5) is 32.6. The average Bonchev–Trinajstić information content (AvgIpc) is 3.49. The fourth-order valence-electron chi connectivity index (χ4n) is 3.61. The van der Waals surface area contributed by atoms with E-state index < -0.39 is 5.60 Å². The molecule has 2 amide bonds. The Bertz CT molecular complexity index is 590. The molecular weight excluding hydrogens is 382 g/mol. The Labute approximate surface area is 181 Å². The third-order valence-electron chi connectivity index (χ3n) is 5.44. The minimum Gasteiger partial charge on any atom is -0.444 e. The molecule has 0 aromatic heterocycles. The molecular formula is C22H41N5O3. The minimum absolute atomic E-state index is 0.153. The Hall–Kier alpha value is -1.99. The van der Waals surface area contributed by atoms with Crippen LogP contribution in [0.1, 0.15) is 66.2 Å². The van der Waals surface area contributed by atoms with Crippen molar-refractivity contribution in [2.24, 2.45) is 10.9 Å². The van der Waals surface area contributed by atoms with Crippen molar-refractivity contribution < 1.29 is 14.3 Å². The van der Waals surface area contributed by atoms with Gasteiger partial charge in [0.2, 0.25) is 5.91 Å². The molecule has 0 unspecified atom stereocenters. The zero-order chi connectivity index (χ0) is 22.1. The van der Waals surface area contributed by atoms with Gasteiger partial charge in [0, 0.05) is 52.2 Å². The summed E-state index contributed by atoms with van der Waals surface area (Å²) < 4.78 is 5.52. The number of nitrogens with zero attached hydrogens (tertiary/aromatic N) is 3. The number of nitrogens with one attached hydrogen (secondary N) is 2. The lowest BCUT2D eigenvalue weighted by Crippen LogP contribution is -2.48. The number of hydrogen-bond acceptors (Lipinski definition) is 4. The normalized spacial score (nSPS) is 18.2. The number of carbonyl (C=O) groups is 2.